The van der Waals surface area contributed by atoms with Crippen LogP contribution >= 0.6 is 27.5 Å². The fourth-order valence-corrected chi connectivity index (χ4v) is 3.13. The Morgan fingerprint density at radius 3 is 2.78 bits per heavy atom. The number of rotatable bonds is 5. The second-order valence-corrected chi connectivity index (χ2v) is 7.07. The normalized spacial score (nSPS) is 15.2. The minimum atomic E-state index is -0.587. The molecule has 6 nitrogen and oxygen atoms in total. The first kappa shape index (κ1) is 19.1. The maximum absolute atomic E-state index is 12.9. The molecule has 1 heterocycles. The van der Waals surface area contributed by atoms with Gasteiger partial charge in [-0.25, -0.2) is 0 Å². The summed E-state index contributed by atoms with van der Waals surface area (Å²) in [4.78, 5) is 23.9. The van der Waals surface area contributed by atoms with Crippen LogP contribution in [-0.4, -0.2) is 24.1 Å². The molecule has 0 spiro atoms. The highest BCUT2D eigenvalue weighted by Crippen LogP contribution is 2.32. The average Bonchev–Trinajstić information content (AvgIpc) is 2.89. The number of nitrogens with zero attached hydrogens (tertiary/aromatic N) is 2. The predicted molar refractivity (Wildman–Crippen MR) is 109 cm³/mol. The third-order valence-electron chi connectivity index (χ3n) is 3.78. The highest BCUT2D eigenvalue weighted by Gasteiger charge is 2.30. The van der Waals surface area contributed by atoms with E-state index in [1.807, 2.05) is 0 Å². The van der Waals surface area contributed by atoms with E-state index in [-0.39, 0.29) is 12.5 Å². The number of amides is 2. The van der Waals surface area contributed by atoms with Crippen molar-refractivity contribution in [2.24, 2.45) is 10.8 Å². The molecular weight excluding hydrogens is 434 g/mol. The van der Waals surface area contributed by atoms with E-state index in [4.69, 9.17) is 22.1 Å². The number of halogens is 2. The number of carbonyl (C=O) groups is 2. The largest absolute Gasteiger partial charge is 0.483 e. The number of ether oxygens (including phenoxy) is 1. The summed E-state index contributed by atoms with van der Waals surface area (Å²) in [6.07, 6.45) is 1.67. The molecule has 8 heteroatoms. The van der Waals surface area contributed by atoms with E-state index in [2.05, 4.69) is 21.0 Å². The smallest absolute Gasteiger partial charge is 0.280 e. The van der Waals surface area contributed by atoms with Gasteiger partial charge in [-0.2, -0.15) is 10.1 Å². The van der Waals surface area contributed by atoms with Crippen molar-refractivity contribution in [3.63, 3.8) is 0 Å². The minimum absolute atomic E-state index is 0.259. The van der Waals surface area contributed by atoms with Gasteiger partial charge >= 0.3 is 0 Å². The second-order valence-electron chi connectivity index (χ2n) is 5.75. The molecule has 0 radical (unpaired) electrons. The SMILES string of the molecule is CC1=NN(c2ccccc2Cl)C(=O)/C1=C\c1cc(Br)ccc1OCC(N)=O. The summed E-state index contributed by atoms with van der Waals surface area (Å²) < 4.78 is 6.23. The quantitative estimate of drug-likeness (QED) is 0.707. The van der Waals surface area contributed by atoms with E-state index in [0.717, 1.165) is 4.47 Å². The van der Waals surface area contributed by atoms with Crippen LogP contribution in [0.5, 0.6) is 5.75 Å². The molecule has 0 unspecified atom stereocenters. The van der Waals surface area contributed by atoms with Crippen molar-refractivity contribution in [3.8, 4) is 5.75 Å². The van der Waals surface area contributed by atoms with E-state index >= 15 is 0 Å². The Morgan fingerprint density at radius 2 is 2.07 bits per heavy atom. The highest BCUT2D eigenvalue weighted by atomic mass is 79.9. The molecule has 0 atom stereocenters. The van der Waals surface area contributed by atoms with E-state index < -0.39 is 5.91 Å². The lowest BCUT2D eigenvalue weighted by atomic mass is 10.1. The van der Waals surface area contributed by atoms with E-state index in [1.54, 1.807) is 55.5 Å². The van der Waals surface area contributed by atoms with Crippen LogP contribution < -0.4 is 15.5 Å². The molecule has 27 heavy (non-hydrogen) atoms. The minimum Gasteiger partial charge on any atom is -0.483 e. The standard InChI is InChI=1S/C19H15BrClN3O3/c1-11-14(19(26)24(23-11)16-5-3-2-4-15(16)21)9-12-8-13(20)6-7-17(12)27-10-18(22)25/h2-9H,10H2,1H3,(H2,22,25)/b14-9-. The van der Waals surface area contributed by atoms with Gasteiger partial charge < -0.3 is 10.5 Å². The first-order chi connectivity index (χ1) is 12.9. The molecule has 0 fully saturated rings. The van der Waals surface area contributed by atoms with Gasteiger partial charge in [0.15, 0.2) is 6.61 Å². The van der Waals surface area contributed by atoms with Crippen molar-refractivity contribution in [1.82, 2.24) is 0 Å². The first-order valence-electron chi connectivity index (χ1n) is 7.93. The van der Waals surface area contributed by atoms with Gasteiger partial charge in [-0.15, -0.1) is 0 Å². The zero-order chi connectivity index (χ0) is 19.6. The first-order valence-corrected chi connectivity index (χ1v) is 9.11. The molecule has 1 aliphatic heterocycles. The Labute approximate surface area is 169 Å². The van der Waals surface area contributed by atoms with Crippen molar-refractivity contribution in [1.29, 1.82) is 0 Å². The summed E-state index contributed by atoms with van der Waals surface area (Å²) in [5, 5.41) is 6.02. The molecule has 2 aromatic rings. The molecule has 2 N–H and O–H groups in total. The molecule has 3 rings (SSSR count). The van der Waals surface area contributed by atoms with Gasteiger partial charge in [0.05, 0.1) is 22.0 Å². The highest BCUT2D eigenvalue weighted by molar-refractivity contribution is 9.10. The number of benzene rings is 2. The van der Waals surface area contributed by atoms with Gasteiger partial charge in [-0.1, -0.05) is 39.7 Å². The van der Waals surface area contributed by atoms with Gasteiger partial charge in [0.2, 0.25) is 0 Å². The van der Waals surface area contributed by atoms with Crippen LogP contribution in [0.25, 0.3) is 6.08 Å². The van der Waals surface area contributed by atoms with Crippen LogP contribution in [0.15, 0.2) is 57.6 Å². The van der Waals surface area contributed by atoms with Crippen LogP contribution in [0, 0.1) is 0 Å². The van der Waals surface area contributed by atoms with E-state index in [9.17, 15) is 9.59 Å². The van der Waals surface area contributed by atoms with Crippen LogP contribution in [-0.2, 0) is 9.59 Å². The molecule has 0 aromatic heterocycles. The Morgan fingerprint density at radius 1 is 1.33 bits per heavy atom. The Hall–Kier alpha value is -2.64. The number of hydrogen-bond donors (Lipinski definition) is 1. The fourth-order valence-electron chi connectivity index (χ4n) is 2.54. The van der Waals surface area contributed by atoms with Gasteiger partial charge in [-0.05, 0) is 43.3 Å². The van der Waals surface area contributed by atoms with Crippen LogP contribution in [0.1, 0.15) is 12.5 Å². The maximum Gasteiger partial charge on any atom is 0.280 e. The Balaban J connectivity index is 1.97. The maximum atomic E-state index is 12.9. The van der Waals surface area contributed by atoms with Gasteiger partial charge in [0.25, 0.3) is 11.8 Å². The summed E-state index contributed by atoms with van der Waals surface area (Å²) in [6.45, 7) is 1.48. The second kappa shape index (κ2) is 7.94. The lowest BCUT2D eigenvalue weighted by molar-refractivity contribution is -0.120. The van der Waals surface area contributed by atoms with E-state index in [0.29, 0.717) is 33.3 Å². The lowest BCUT2D eigenvalue weighted by Crippen LogP contribution is -2.21. The van der Waals surface area contributed by atoms with Crippen molar-refractivity contribution in [2.75, 3.05) is 11.6 Å². The number of primary amides is 1. The molecule has 138 valence electrons. The Kier molecular flexibility index (Phi) is 5.62. The third-order valence-corrected chi connectivity index (χ3v) is 4.60. The molecule has 0 aliphatic carbocycles. The Bertz CT molecular complexity index is 988. The number of nitrogens with two attached hydrogens (primary N) is 1. The van der Waals surface area contributed by atoms with Crippen LogP contribution in [0.2, 0.25) is 5.02 Å². The van der Waals surface area contributed by atoms with E-state index in [1.165, 1.54) is 5.01 Å². The molecule has 0 saturated heterocycles. The van der Waals surface area contributed by atoms with Gasteiger partial charge in [-0.3, -0.25) is 9.59 Å². The number of para-hydroxylation sites is 1. The fraction of sp³-hybridized carbons (Fsp3) is 0.105. The number of hydrogen-bond acceptors (Lipinski definition) is 4. The monoisotopic (exact) mass is 447 g/mol. The molecule has 2 amide bonds. The third kappa shape index (κ3) is 4.20. The lowest BCUT2D eigenvalue weighted by Gasteiger charge is -2.13. The molecule has 0 bridgehead atoms. The predicted octanol–water partition coefficient (Wildman–Crippen LogP) is 3.77. The van der Waals surface area contributed by atoms with Crippen molar-refractivity contribution >= 4 is 56.8 Å². The average molecular weight is 449 g/mol. The van der Waals surface area contributed by atoms with Crippen molar-refractivity contribution in [2.45, 2.75) is 6.92 Å². The van der Waals surface area contributed by atoms with Crippen LogP contribution in [0.3, 0.4) is 0 Å². The topological polar surface area (TPSA) is 85.0 Å². The summed E-state index contributed by atoms with van der Waals surface area (Å²) in [6, 6.07) is 12.2. The van der Waals surface area contributed by atoms with Crippen LogP contribution in [0.4, 0.5) is 5.69 Å². The zero-order valence-electron chi connectivity index (χ0n) is 14.3. The summed E-state index contributed by atoms with van der Waals surface area (Å²) >= 11 is 9.58. The molecule has 1 aliphatic rings. The summed E-state index contributed by atoms with van der Waals surface area (Å²) in [5.74, 6) is -0.459. The number of hydrazone groups is 1. The summed E-state index contributed by atoms with van der Waals surface area (Å²) in [7, 11) is 0. The molecule has 0 saturated carbocycles. The number of anilines is 1. The van der Waals surface area contributed by atoms with Crippen molar-refractivity contribution < 1.29 is 14.3 Å². The number of carbonyl (C=O) groups excluding carboxylic acids is 2. The molecular formula is C19H15BrClN3O3. The summed E-state index contributed by atoms with van der Waals surface area (Å²) in [5.41, 5.74) is 7.21. The van der Waals surface area contributed by atoms with Gasteiger partial charge in [0.1, 0.15) is 5.75 Å². The molecule has 2 aromatic carbocycles. The van der Waals surface area contributed by atoms with Gasteiger partial charge in [0, 0.05) is 10.0 Å². The van der Waals surface area contributed by atoms with Crippen molar-refractivity contribution in [3.05, 3.63) is 63.1 Å². The zero-order valence-corrected chi connectivity index (χ0v) is 16.6.